The maximum absolute atomic E-state index is 5.40. The molecule has 1 aromatic rings. The predicted molar refractivity (Wildman–Crippen MR) is 59.0 cm³/mol. The highest BCUT2D eigenvalue weighted by Gasteiger charge is 1.99. The first-order chi connectivity index (χ1) is 6.34. The van der Waals surface area contributed by atoms with Crippen molar-refractivity contribution in [3.05, 3.63) is 35.9 Å². The minimum absolute atomic E-state index is 0.606. The van der Waals surface area contributed by atoms with Gasteiger partial charge in [0.2, 0.25) is 0 Å². The molecule has 0 spiro atoms. The number of ether oxygens (including phenoxy) is 1. The van der Waals surface area contributed by atoms with Gasteiger partial charge in [-0.15, -0.1) is 0 Å². The standard InChI is InChI=1S/C11H14OS/c1-2-3-9-12-11(13)10-7-5-4-6-8-10/h4-8H,2-3,9H2,1H3. The SMILES string of the molecule is CCCCOC(=S)c1ccccc1. The minimum atomic E-state index is 0.606. The summed E-state index contributed by atoms with van der Waals surface area (Å²) in [5.41, 5.74) is 0.994. The minimum Gasteiger partial charge on any atom is -0.483 e. The van der Waals surface area contributed by atoms with Crippen molar-refractivity contribution in [2.24, 2.45) is 0 Å². The van der Waals surface area contributed by atoms with Crippen LogP contribution in [0.1, 0.15) is 25.3 Å². The van der Waals surface area contributed by atoms with Crippen LogP contribution in [0, 0.1) is 0 Å². The van der Waals surface area contributed by atoms with Crippen LogP contribution in [0.15, 0.2) is 30.3 Å². The molecule has 0 saturated carbocycles. The van der Waals surface area contributed by atoms with E-state index in [-0.39, 0.29) is 0 Å². The lowest BCUT2D eigenvalue weighted by Crippen LogP contribution is -2.04. The van der Waals surface area contributed by atoms with E-state index < -0.39 is 0 Å². The summed E-state index contributed by atoms with van der Waals surface area (Å²) in [5, 5.41) is 0.606. The Bertz CT molecular complexity index is 256. The van der Waals surface area contributed by atoms with E-state index in [9.17, 15) is 0 Å². The van der Waals surface area contributed by atoms with Gasteiger partial charge in [0.1, 0.15) is 0 Å². The lowest BCUT2D eigenvalue weighted by atomic mass is 10.2. The average Bonchev–Trinajstić information content (AvgIpc) is 2.19. The molecule has 0 aromatic heterocycles. The Morgan fingerprint density at radius 2 is 2.00 bits per heavy atom. The second-order valence-corrected chi connectivity index (χ2v) is 3.23. The fraction of sp³-hybridized carbons (Fsp3) is 0.364. The maximum atomic E-state index is 5.40. The van der Waals surface area contributed by atoms with E-state index in [0.29, 0.717) is 5.05 Å². The summed E-state index contributed by atoms with van der Waals surface area (Å²) in [6.07, 6.45) is 2.20. The van der Waals surface area contributed by atoms with Crippen molar-refractivity contribution in [1.82, 2.24) is 0 Å². The average molecular weight is 194 g/mol. The summed E-state index contributed by atoms with van der Waals surface area (Å²) < 4.78 is 5.40. The molecule has 0 radical (unpaired) electrons. The quantitative estimate of drug-likeness (QED) is 0.538. The smallest absolute Gasteiger partial charge is 0.191 e. The molecule has 0 bridgehead atoms. The third-order valence-electron chi connectivity index (χ3n) is 1.74. The third kappa shape index (κ3) is 3.55. The summed E-state index contributed by atoms with van der Waals surface area (Å²) in [5.74, 6) is 0. The molecule has 70 valence electrons. The molecule has 0 aliphatic rings. The normalized spacial score (nSPS) is 9.62. The van der Waals surface area contributed by atoms with Gasteiger partial charge in [-0.3, -0.25) is 0 Å². The predicted octanol–water partition coefficient (Wildman–Crippen LogP) is 3.18. The van der Waals surface area contributed by atoms with E-state index in [4.69, 9.17) is 17.0 Å². The van der Waals surface area contributed by atoms with Crippen LogP contribution >= 0.6 is 12.2 Å². The molecular weight excluding hydrogens is 180 g/mol. The van der Waals surface area contributed by atoms with Crippen LogP contribution < -0.4 is 0 Å². The highest BCUT2D eigenvalue weighted by atomic mass is 32.1. The van der Waals surface area contributed by atoms with Gasteiger partial charge in [0.25, 0.3) is 0 Å². The first-order valence-corrected chi connectivity index (χ1v) is 4.97. The van der Waals surface area contributed by atoms with Crippen LogP contribution in [0.4, 0.5) is 0 Å². The van der Waals surface area contributed by atoms with Crippen LogP contribution in [0.3, 0.4) is 0 Å². The molecule has 0 aliphatic carbocycles. The first-order valence-electron chi connectivity index (χ1n) is 4.56. The van der Waals surface area contributed by atoms with Crippen molar-refractivity contribution in [2.75, 3.05) is 6.61 Å². The van der Waals surface area contributed by atoms with Crippen molar-refractivity contribution >= 4 is 17.3 Å². The second-order valence-electron chi connectivity index (χ2n) is 2.86. The van der Waals surface area contributed by atoms with Gasteiger partial charge in [0, 0.05) is 5.56 Å². The van der Waals surface area contributed by atoms with Crippen LogP contribution in [0.25, 0.3) is 0 Å². The lowest BCUT2D eigenvalue weighted by molar-refractivity contribution is 0.306. The van der Waals surface area contributed by atoms with Gasteiger partial charge in [-0.2, -0.15) is 0 Å². The summed E-state index contributed by atoms with van der Waals surface area (Å²) in [7, 11) is 0. The molecule has 0 saturated heterocycles. The Kier molecular flexibility index (Phi) is 4.47. The largest absolute Gasteiger partial charge is 0.483 e. The van der Waals surface area contributed by atoms with Crippen LogP contribution in [0.2, 0.25) is 0 Å². The van der Waals surface area contributed by atoms with Crippen LogP contribution in [0.5, 0.6) is 0 Å². The van der Waals surface area contributed by atoms with E-state index >= 15 is 0 Å². The molecule has 13 heavy (non-hydrogen) atoms. The summed E-state index contributed by atoms with van der Waals surface area (Å²) >= 11 is 5.11. The van der Waals surface area contributed by atoms with Crippen molar-refractivity contribution in [3.63, 3.8) is 0 Å². The first kappa shape index (κ1) is 10.2. The maximum Gasteiger partial charge on any atom is 0.191 e. The number of thiocarbonyl (C=S) groups is 1. The summed E-state index contributed by atoms with van der Waals surface area (Å²) in [4.78, 5) is 0. The molecule has 0 heterocycles. The second kappa shape index (κ2) is 5.70. The van der Waals surface area contributed by atoms with Gasteiger partial charge in [-0.25, -0.2) is 0 Å². The number of hydrogen-bond donors (Lipinski definition) is 0. The topological polar surface area (TPSA) is 9.23 Å². The van der Waals surface area contributed by atoms with Gasteiger partial charge in [-0.05, 0) is 18.6 Å². The molecule has 2 heteroatoms. The summed E-state index contributed by atoms with van der Waals surface area (Å²) in [6, 6.07) is 9.83. The molecule has 0 unspecified atom stereocenters. The molecule has 0 atom stereocenters. The monoisotopic (exact) mass is 194 g/mol. The Morgan fingerprint density at radius 1 is 1.31 bits per heavy atom. The number of hydrogen-bond acceptors (Lipinski definition) is 2. The Morgan fingerprint density at radius 3 is 2.62 bits per heavy atom. The number of rotatable bonds is 4. The van der Waals surface area contributed by atoms with Crippen molar-refractivity contribution in [2.45, 2.75) is 19.8 Å². The fourth-order valence-electron chi connectivity index (χ4n) is 0.967. The zero-order valence-corrected chi connectivity index (χ0v) is 8.64. The zero-order chi connectivity index (χ0) is 9.52. The van der Waals surface area contributed by atoms with Gasteiger partial charge >= 0.3 is 0 Å². The molecule has 1 nitrogen and oxygen atoms in total. The summed E-state index contributed by atoms with van der Waals surface area (Å²) in [6.45, 7) is 2.86. The lowest BCUT2D eigenvalue weighted by Gasteiger charge is -2.05. The molecule has 1 rings (SSSR count). The molecule has 0 N–H and O–H groups in total. The van der Waals surface area contributed by atoms with E-state index in [0.717, 1.165) is 25.0 Å². The van der Waals surface area contributed by atoms with E-state index in [1.807, 2.05) is 30.3 Å². The molecular formula is C11H14OS. The molecule has 0 aliphatic heterocycles. The highest BCUT2D eigenvalue weighted by Crippen LogP contribution is 2.03. The Balaban J connectivity index is 2.40. The van der Waals surface area contributed by atoms with E-state index in [2.05, 4.69) is 6.92 Å². The van der Waals surface area contributed by atoms with Crippen LogP contribution in [-0.4, -0.2) is 11.7 Å². The fourth-order valence-corrected chi connectivity index (χ4v) is 1.19. The van der Waals surface area contributed by atoms with Gasteiger partial charge in [0.05, 0.1) is 6.61 Å². The molecule has 0 amide bonds. The zero-order valence-electron chi connectivity index (χ0n) is 7.82. The van der Waals surface area contributed by atoms with Crippen LogP contribution in [-0.2, 0) is 4.74 Å². The van der Waals surface area contributed by atoms with Crippen molar-refractivity contribution in [3.8, 4) is 0 Å². The number of benzene rings is 1. The van der Waals surface area contributed by atoms with Crippen molar-refractivity contribution in [1.29, 1.82) is 0 Å². The highest BCUT2D eigenvalue weighted by molar-refractivity contribution is 7.80. The Hall–Kier alpha value is -0.890. The van der Waals surface area contributed by atoms with E-state index in [1.54, 1.807) is 0 Å². The number of unbranched alkanes of at least 4 members (excludes halogenated alkanes) is 1. The molecule has 0 fully saturated rings. The van der Waals surface area contributed by atoms with Crippen molar-refractivity contribution < 1.29 is 4.74 Å². The molecule has 1 aromatic carbocycles. The third-order valence-corrected chi connectivity index (χ3v) is 2.09. The van der Waals surface area contributed by atoms with Gasteiger partial charge in [0.15, 0.2) is 5.05 Å². The van der Waals surface area contributed by atoms with Gasteiger partial charge in [-0.1, -0.05) is 43.7 Å². The van der Waals surface area contributed by atoms with E-state index in [1.165, 1.54) is 0 Å². The Labute approximate surface area is 84.7 Å². The van der Waals surface area contributed by atoms with Gasteiger partial charge < -0.3 is 4.74 Å².